The second-order valence-electron chi connectivity index (χ2n) is 6.83. The molecule has 0 aliphatic rings. The van der Waals surface area contributed by atoms with Crippen molar-refractivity contribution < 1.29 is 9.59 Å². The van der Waals surface area contributed by atoms with Gasteiger partial charge in [0.1, 0.15) is 0 Å². The van der Waals surface area contributed by atoms with Crippen molar-refractivity contribution in [3.63, 3.8) is 0 Å². The number of halogens is 1. The number of carbonyl (C=O) groups excluding carboxylic acids is 2. The van der Waals surface area contributed by atoms with Gasteiger partial charge >= 0.3 is 0 Å². The molecule has 3 aromatic carbocycles. The van der Waals surface area contributed by atoms with Gasteiger partial charge in [-0.25, -0.2) is 4.98 Å². The number of aromatic nitrogens is 1. The highest BCUT2D eigenvalue weighted by Gasteiger charge is 2.16. The number of pyridine rings is 1. The molecule has 1 heterocycles. The average molecular weight is 416 g/mol. The number of hydrogen-bond acceptors (Lipinski definition) is 3. The summed E-state index contributed by atoms with van der Waals surface area (Å²) in [6.45, 7) is 0. The van der Waals surface area contributed by atoms with E-state index < -0.39 is 5.91 Å². The molecule has 3 N–H and O–H groups in total. The standard InChI is InChI=1S/C24H18ClN3O2/c25-17-11-9-15(10-12-17)22-14-19(18-6-2-4-8-21(18)27-22)24(30)28-20-7-3-1-5-16(20)13-23(26)29/h1-12,14H,13H2,(H2,26,29)(H,28,30). The number of hydrogen-bond donors (Lipinski definition) is 2. The first-order chi connectivity index (χ1) is 14.5. The van der Waals surface area contributed by atoms with Gasteiger partial charge in [0.25, 0.3) is 5.91 Å². The first-order valence-corrected chi connectivity index (χ1v) is 9.72. The highest BCUT2D eigenvalue weighted by atomic mass is 35.5. The summed E-state index contributed by atoms with van der Waals surface area (Å²) in [6, 6.07) is 23.6. The molecule has 4 aromatic rings. The Morgan fingerprint density at radius 2 is 1.63 bits per heavy atom. The van der Waals surface area contributed by atoms with Crippen molar-refractivity contribution in [3.05, 3.63) is 95.0 Å². The molecule has 30 heavy (non-hydrogen) atoms. The third-order valence-electron chi connectivity index (χ3n) is 4.73. The van der Waals surface area contributed by atoms with Gasteiger partial charge in [0.05, 0.1) is 23.2 Å². The number of para-hydroxylation sites is 2. The van der Waals surface area contributed by atoms with Crippen LogP contribution in [-0.2, 0) is 11.2 Å². The van der Waals surface area contributed by atoms with E-state index in [0.29, 0.717) is 33.0 Å². The largest absolute Gasteiger partial charge is 0.369 e. The molecule has 0 aliphatic carbocycles. The van der Waals surface area contributed by atoms with Crippen molar-refractivity contribution in [2.75, 3.05) is 5.32 Å². The lowest BCUT2D eigenvalue weighted by Gasteiger charge is -2.13. The number of benzene rings is 3. The molecule has 0 aliphatic heterocycles. The Morgan fingerprint density at radius 1 is 0.933 bits per heavy atom. The van der Waals surface area contributed by atoms with Crippen molar-refractivity contribution in [2.24, 2.45) is 5.73 Å². The van der Waals surface area contributed by atoms with Crippen LogP contribution >= 0.6 is 11.6 Å². The van der Waals surface area contributed by atoms with Crippen molar-refractivity contribution >= 4 is 40.0 Å². The van der Waals surface area contributed by atoms with Gasteiger partial charge in [0.2, 0.25) is 5.91 Å². The number of carbonyl (C=O) groups is 2. The van der Waals surface area contributed by atoms with Gasteiger partial charge in [-0.3, -0.25) is 9.59 Å². The van der Waals surface area contributed by atoms with Crippen LogP contribution in [0.2, 0.25) is 5.02 Å². The highest BCUT2D eigenvalue weighted by Crippen LogP contribution is 2.27. The molecule has 6 heteroatoms. The van der Waals surface area contributed by atoms with Gasteiger partial charge in [0.15, 0.2) is 0 Å². The molecule has 0 bridgehead atoms. The number of nitrogens with two attached hydrogens (primary N) is 1. The van der Waals surface area contributed by atoms with E-state index in [2.05, 4.69) is 5.32 Å². The van der Waals surface area contributed by atoms with E-state index in [0.717, 1.165) is 10.9 Å². The van der Waals surface area contributed by atoms with E-state index >= 15 is 0 Å². The molecule has 0 unspecified atom stereocenters. The second-order valence-corrected chi connectivity index (χ2v) is 7.27. The molecule has 5 nitrogen and oxygen atoms in total. The van der Waals surface area contributed by atoms with Crippen LogP contribution in [0.4, 0.5) is 5.69 Å². The van der Waals surface area contributed by atoms with Crippen LogP contribution in [0.25, 0.3) is 22.2 Å². The maximum absolute atomic E-state index is 13.2. The number of nitrogens with zero attached hydrogens (tertiary/aromatic N) is 1. The van der Waals surface area contributed by atoms with Crippen LogP contribution < -0.4 is 11.1 Å². The van der Waals surface area contributed by atoms with Crippen LogP contribution in [0, 0.1) is 0 Å². The summed E-state index contributed by atoms with van der Waals surface area (Å²) in [5.41, 5.74) is 9.26. The maximum atomic E-state index is 13.2. The fourth-order valence-corrected chi connectivity index (χ4v) is 3.43. The Labute approximate surface area is 178 Å². The molecule has 0 radical (unpaired) electrons. The number of fused-ring (bicyclic) bond motifs is 1. The zero-order valence-corrected chi connectivity index (χ0v) is 16.7. The van der Waals surface area contributed by atoms with Crippen molar-refractivity contribution in [1.82, 2.24) is 4.98 Å². The first-order valence-electron chi connectivity index (χ1n) is 9.34. The molecule has 0 fully saturated rings. The normalized spacial score (nSPS) is 10.7. The lowest BCUT2D eigenvalue weighted by atomic mass is 10.0. The number of nitrogens with one attached hydrogen (secondary N) is 1. The molecule has 148 valence electrons. The van der Waals surface area contributed by atoms with E-state index in [1.165, 1.54) is 0 Å². The summed E-state index contributed by atoms with van der Waals surface area (Å²) in [5, 5.41) is 4.28. The fraction of sp³-hybridized carbons (Fsp3) is 0.0417. The smallest absolute Gasteiger partial charge is 0.256 e. The summed E-state index contributed by atoms with van der Waals surface area (Å²) in [5.74, 6) is -0.753. The molecular formula is C24H18ClN3O2. The zero-order valence-electron chi connectivity index (χ0n) is 15.9. The predicted octanol–water partition coefficient (Wildman–Crippen LogP) is 4.84. The topological polar surface area (TPSA) is 85.1 Å². The molecular weight excluding hydrogens is 398 g/mol. The molecule has 1 aromatic heterocycles. The third-order valence-corrected chi connectivity index (χ3v) is 4.98. The van der Waals surface area contributed by atoms with E-state index in [1.807, 2.05) is 36.4 Å². The van der Waals surface area contributed by atoms with Gasteiger partial charge in [-0.05, 0) is 35.9 Å². The summed E-state index contributed by atoms with van der Waals surface area (Å²) in [4.78, 5) is 29.3. The van der Waals surface area contributed by atoms with Gasteiger partial charge < -0.3 is 11.1 Å². The Bertz CT molecular complexity index is 1250. The van der Waals surface area contributed by atoms with Crippen molar-refractivity contribution in [2.45, 2.75) is 6.42 Å². The van der Waals surface area contributed by atoms with Crippen molar-refractivity contribution in [1.29, 1.82) is 0 Å². The first kappa shape index (κ1) is 19.6. The van der Waals surface area contributed by atoms with Gasteiger partial charge in [-0.15, -0.1) is 0 Å². The second kappa shape index (κ2) is 8.35. The average Bonchev–Trinajstić information content (AvgIpc) is 2.74. The Balaban J connectivity index is 1.77. The summed E-state index contributed by atoms with van der Waals surface area (Å²) in [6.07, 6.45) is 0.0452. The van der Waals surface area contributed by atoms with Crippen LogP contribution in [0.15, 0.2) is 78.9 Å². The number of anilines is 1. The maximum Gasteiger partial charge on any atom is 0.256 e. The Hall–Kier alpha value is -3.70. The minimum Gasteiger partial charge on any atom is -0.369 e. The summed E-state index contributed by atoms with van der Waals surface area (Å²) >= 11 is 6.00. The van der Waals surface area contributed by atoms with E-state index in [-0.39, 0.29) is 12.3 Å². The molecule has 0 saturated heterocycles. The quantitative estimate of drug-likeness (QED) is 0.489. The van der Waals surface area contributed by atoms with E-state index in [1.54, 1.807) is 42.5 Å². The van der Waals surface area contributed by atoms with Crippen LogP contribution in [0.3, 0.4) is 0 Å². The third kappa shape index (κ3) is 4.16. The minimum absolute atomic E-state index is 0.0452. The number of primary amides is 1. The summed E-state index contributed by atoms with van der Waals surface area (Å²) < 4.78 is 0. The highest BCUT2D eigenvalue weighted by molar-refractivity contribution is 6.30. The van der Waals surface area contributed by atoms with Gasteiger partial charge in [-0.1, -0.05) is 60.1 Å². The zero-order chi connectivity index (χ0) is 21.1. The lowest BCUT2D eigenvalue weighted by molar-refractivity contribution is -0.117. The minimum atomic E-state index is -0.462. The lowest BCUT2D eigenvalue weighted by Crippen LogP contribution is -2.18. The van der Waals surface area contributed by atoms with E-state index in [4.69, 9.17) is 22.3 Å². The van der Waals surface area contributed by atoms with E-state index in [9.17, 15) is 9.59 Å². The number of amides is 2. The SMILES string of the molecule is NC(=O)Cc1ccccc1NC(=O)c1cc(-c2ccc(Cl)cc2)nc2ccccc12. The molecule has 0 saturated carbocycles. The predicted molar refractivity (Wildman–Crippen MR) is 119 cm³/mol. The van der Waals surface area contributed by atoms with Crippen LogP contribution in [0.5, 0.6) is 0 Å². The van der Waals surface area contributed by atoms with Gasteiger partial charge in [0, 0.05) is 21.7 Å². The molecule has 0 atom stereocenters. The molecule has 4 rings (SSSR count). The summed E-state index contributed by atoms with van der Waals surface area (Å²) in [7, 11) is 0. The van der Waals surface area contributed by atoms with Crippen LogP contribution in [-0.4, -0.2) is 16.8 Å². The fourth-order valence-electron chi connectivity index (χ4n) is 3.31. The Kier molecular flexibility index (Phi) is 5.46. The van der Waals surface area contributed by atoms with Gasteiger partial charge in [-0.2, -0.15) is 0 Å². The Morgan fingerprint density at radius 3 is 2.40 bits per heavy atom. The monoisotopic (exact) mass is 415 g/mol. The van der Waals surface area contributed by atoms with Crippen molar-refractivity contribution in [3.8, 4) is 11.3 Å². The molecule has 2 amide bonds. The van der Waals surface area contributed by atoms with Crippen LogP contribution in [0.1, 0.15) is 15.9 Å². The number of rotatable bonds is 5. The molecule has 0 spiro atoms.